The van der Waals surface area contributed by atoms with Gasteiger partial charge in [-0.3, -0.25) is 4.79 Å². The summed E-state index contributed by atoms with van der Waals surface area (Å²) in [5.74, 6) is -2.29. The van der Waals surface area contributed by atoms with Crippen LogP contribution in [0.5, 0.6) is 0 Å². The predicted octanol–water partition coefficient (Wildman–Crippen LogP) is 3.56. The summed E-state index contributed by atoms with van der Waals surface area (Å²) in [7, 11) is 0. The number of carbonyl (C=O) groups excluding carboxylic acids is 1. The van der Waals surface area contributed by atoms with E-state index in [-0.39, 0.29) is 12.0 Å². The predicted molar refractivity (Wildman–Crippen MR) is 85.5 cm³/mol. The fourth-order valence-corrected chi connectivity index (χ4v) is 2.44. The maximum atomic E-state index is 12.9. The lowest BCUT2D eigenvalue weighted by atomic mass is 10.1. The molecule has 23 heavy (non-hydrogen) atoms. The van der Waals surface area contributed by atoms with Gasteiger partial charge >= 0.3 is 5.97 Å². The van der Waals surface area contributed by atoms with Crippen LogP contribution in [0, 0.1) is 5.82 Å². The van der Waals surface area contributed by atoms with E-state index in [0.29, 0.717) is 15.6 Å². The molecule has 0 heterocycles. The molecule has 1 amide bonds. The first kappa shape index (κ1) is 17.2. The standard InChI is InChI=1S/C16H12Cl2FNO3/c17-11-4-1-10(13(18)8-11)7-14(16(22)23)20-15(21)9-2-5-12(19)6-3-9/h1-6,8,14H,7H2,(H,20,21)(H,22,23)/t14-/m0/s1. The highest BCUT2D eigenvalue weighted by Crippen LogP contribution is 2.22. The molecule has 0 aliphatic heterocycles. The van der Waals surface area contributed by atoms with Crippen LogP contribution in [0.15, 0.2) is 42.5 Å². The van der Waals surface area contributed by atoms with E-state index >= 15 is 0 Å². The molecule has 0 aromatic heterocycles. The second kappa shape index (κ2) is 7.44. The van der Waals surface area contributed by atoms with E-state index in [1.807, 2.05) is 0 Å². The molecule has 2 N–H and O–H groups in total. The molecular formula is C16H12Cl2FNO3. The van der Waals surface area contributed by atoms with Gasteiger partial charge < -0.3 is 10.4 Å². The first-order valence-corrected chi connectivity index (χ1v) is 7.35. The van der Waals surface area contributed by atoms with E-state index in [1.165, 1.54) is 18.2 Å². The Bertz CT molecular complexity index is 735. The molecule has 2 aromatic carbocycles. The zero-order chi connectivity index (χ0) is 17.0. The van der Waals surface area contributed by atoms with Gasteiger partial charge in [-0.25, -0.2) is 9.18 Å². The number of nitrogens with one attached hydrogen (secondary N) is 1. The summed E-state index contributed by atoms with van der Waals surface area (Å²) in [6.45, 7) is 0. The molecule has 0 spiro atoms. The summed E-state index contributed by atoms with van der Waals surface area (Å²) in [6.07, 6.45) is -0.00172. The van der Waals surface area contributed by atoms with Crippen molar-refractivity contribution in [2.24, 2.45) is 0 Å². The van der Waals surface area contributed by atoms with Crippen LogP contribution in [-0.4, -0.2) is 23.0 Å². The van der Waals surface area contributed by atoms with Gasteiger partial charge in [-0.1, -0.05) is 29.3 Å². The first-order chi connectivity index (χ1) is 10.9. The molecule has 0 aliphatic carbocycles. The highest BCUT2D eigenvalue weighted by molar-refractivity contribution is 6.35. The van der Waals surface area contributed by atoms with Crippen LogP contribution in [0.3, 0.4) is 0 Å². The van der Waals surface area contributed by atoms with Crippen LogP contribution < -0.4 is 5.32 Å². The zero-order valence-corrected chi connectivity index (χ0v) is 13.2. The van der Waals surface area contributed by atoms with Gasteiger partial charge in [0.05, 0.1) is 0 Å². The number of hydrogen-bond acceptors (Lipinski definition) is 2. The molecule has 1 atom stereocenters. The first-order valence-electron chi connectivity index (χ1n) is 6.60. The summed E-state index contributed by atoms with van der Waals surface area (Å²) in [5, 5.41) is 12.4. The lowest BCUT2D eigenvalue weighted by Crippen LogP contribution is -2.42. The van der Waals surface area contributed by atoms with Crippen molar-refractivity contribution in [3.8, 4) is 0 Å². The van der Waals surface area contributed by atoms with Crippen LogP contribution in [0.1, 0.15) is 15.9 Å². The Kier molecular flexibility index (Phi) is 5.58. The maximum absolute atomic E-state index is 12.9. The number of hydrogen-bond donors (Lipinski definition) is 2. The minimum Gasteiger partial charge on any atom is -0.480 e. The SMILES string of the molecule is O=C(N[C@@H](Cc1ccc(Cl)cc1Cl)C(=O)O)c1ccc(F)cc1. The molecule has 2 rings (SSSR count). The van der Waals surface area contributed by atoms with Crippen LogP contribution in [0.4, 0.5) is 4.39 Å². The van der Waals surface area contributed by atoms with E-state index in [2.05, 4.69) is 5.32 Å². The summed E-state index contributed by atoms with van der Waals surface area (Å²) >= 11 is 11.8. The van der Waals surface area contributed by atoms with Gasteiger partial charge in [-0.05, 0) is 42.0 Å². The van der Waals surface area contributed by atoms with Gasteiger partial charge in [-0.15, -0.1) is 0 Å². The summed E-state index contributed by atoms with van der Waals surface area (Å²) in [5.41, 5.74) is 0.711. The quantitative estimate of drug-likeness (QED) is 0.861. The zero-order valence-electron chi connectivity index (χ0n) is 11.7. The summed E-state index contributed by atoms with van der Waals surface area (Å²) in [4.78, 5) is 23.4. The fourth-order valence-electron chi connectivity index (χ4n) is 1.95. The fraction of sp³-hybridized carbons (Fsp3) is 0.125. The molecule has 0 saturated carbocycles. The van der Waals surface area contributed by atoms with Crippen molar-refractivity contribution in [3.63, 3.8) is 0 Å². The van der Waals surface area contributed by atoms with Crippen molar-refractivity contribution in [2.45, 2.75) is 12.5 Å². The number of carboxylic acids is 1. The Balaban J connectivity index is 2.14. The third-order valence-electron chi connectivity index (χ3n) is 3.15. The van der Waals surface area contributed by atoms with Crippen molar-refractivity contribution >= 4 is 35.1 Å². The topological polar surface area (TPSA) is 66.4 Å². The number of benzene rings is 2. The molecule has 0 aliphatic rings. The largest absolute Gasteiger partial charge is 0.480 e. The van der Waals surface area contributed by atoms with Crippen molar-refractivity contribution in [3.05, 3.63) is 69.5 Å². The average Bonchev–Trinajstić information content (AvgIpc) is 2.49. The number of halogens is 3. The van der Waals surface area contributed by atoms with Crippen molar-refractivity contribution in [1.82, 2.24) is 5.32 Å². The number of carbonyl (C=O) groups is 2. The van der Waals surface area contributed by atoms with Crippen molar-refractivity contribution in [1.29, 1.82) is 0 Å². The van der Waals surface area contributed by atoms with Crippen LogP contribution in [-0.2, 0) is 11.2 Å². The molecule has 2 aromatic rings. The molecular weight excluding hydrogens is 344 g/mol. The monoisotopic (exact) mass is 355 g/mol. The van der Waals surface area contributed by atoms with Crippen molar-refractivity contribution in [2.75, 3.05) is 0 Å². The molecule has 0 radical (unpaired) electrons. The molecule has 0 fully saturated rings. The lowest BCUT2D eigenvalue weighted by Gasteiger charge is -2.15. The summed E-state index contributed by atoms with van der Waals surface area (Å²) < 4.78 is 12.9. The van der Waals surface area contributed by atoms with Gasteiger partial charge in [0.2, 0.25) is 0 Å². The molecule has 0 saturated heterocycles. The Morgan fingerprint density at radius 1 is 1.13 bits per heavy atom. The lowest BCUT2D eigenvalue weighted by molar-refractivity contribution is -0.139. The van der Waals surface area contributed by atoms with Gasteiger partial charge in [-0.2, -0.15) is 0 Å². The van der Waals surface area contributed by atoms with Gasteiger partial charge in [0.25, 0.3) is 5.91 Å². The Morgan fingerprint density at radius 2 is 1.78 bits per heavy atom. The second-order valence-electron chi connectivity index (χ2n) is 4.81. The van der Waals surface area contributed by atoms with Gasteiger partial charge in [0, 0.05) is 22.0 Å². The third-order valence-corrected chi connectivity index (χ3v) is 3.74. The van der Waals surface area contributed by atoms with E-state index in [0.717, 1.165) is 12.1 Å². The molecule has 120 valence electrons. The molecule has 0 unspecified atom stereocenters. The minimum atomic E-state index is -1.20. The Hall–Kier alpha value is -2.11. The van der Waals surface area contributed by atoms with Crippen LogP contribution in [0.2, 0.25) is 10.0 Å². The smallest absolute Gasteiger partial charge is 0.326 e. The van der Waals surface area contributed by atoms with Gasteiger partial charge in [0.1, 0.15) is 11.9 Å². The number of aliphatic carboxylic acids is 1. The van der Waals surface area contributed by atoms with E-state index < -0.39 is 23.7 Å². The minimum absolute atomic E-state index is 0.00172. The number of amides is 1. The normalized spacial score (nSPS) is 11.8. The van der Waals surface area contributed by atoms with Gasteiger partial charge in [0.15, 0.2) is 0 Å². The van der Waals surface area contributed by atoms with E-state index in [9.17, 15) is 19.1 Å². The highest BCUT2D eigenvalue weighted by atomic mass is 35.5. The van der Waals surface area contributed by atoms with Crippen molar-refractivity contribution < 1.29 is 19.1 Å². The molecule has 4 nitrogen and oxygen atoms in total. The number of carboxylic acid groups (broad SMARTS) is 1. The van der Waals surface area contributed by atoms with Crippen LogP contribution in [0.25, 0.3) is 0 Å². The van der Waals surface area contributed by atoms with E-state index in [4.69, 9.17) is 23.2 Å². The maximum Gasteiger partial charge on any atom is 0.326 e. The van der Waals surface area contributed by atoms with Crippen LogP contribution >= 0.6 is 23.2 Å². The Morgan fingerprint density at radius 3 is 2.35 bits per heavy atom. The average molecular weight is 356 g/mol. The molecule has 7 heteroatoms. The summed E-state index contributed by atoms with van der Waals surface area (Å²) in [6, 6.07) is 8.32. The highest BCUT2D eigenvalue weighted by Gasteiger charge is 2.22. The Labute approximate surface area is 141 Å². The third kappa shape index (κ3) is 4.68. The molecule has 0 bridgehead atoms. The number of rotatable bonds is 5. The van der Waals surface area contributed by atoms with E-state index in [1.54, 1.807) is 12.1 Å². The second-order valence-corrected chi connectivity index (χ2v) is 5.65.